The number of esters is 1. The zero-order chi connectivity index (χ0) is 9.35. The van der Waals surface area contributed by atoms with Crippen molar-refractivity contribution in [1.82, 2.24) is 0 Å². The van der Waals surface area contributed by atoms with Gasteiger partial charge >= 0.3 is 5.97 Å². The van der Waals surface area contributed by atoms with Crippen LogP contribution in [-0.2, 0) is 19.1 Å². The smallest absolute Gasteiger partial charge is 0.327 e. The molecule has 0 saturated carbocycles. The van der Waals surface area contributed by atoms with Crippen molar-refractivity contribution < 1.29 is 19.1 Å². The molecule has 1 saturated heterocycles. The molecule has 0 aromatic heterocycles. The van der Waals surface area contributed by atoms with Crippen LogP contribution in [0.5, 0.6) is 0 Å². The molecule has 0 amide bonds. The van der Waals surface area contributed by atoms with Crippen molar-refractivity contribution in [2.75, 3.05) is 6.61 Å². The highest BCUT2D eigenvalue weighted by molar-refractivity contribution is 6.21. The summed E-state index contributed by atoms with van der Waals surface area (Å²) in [6.07, 6.45) is 0.191. The van der Waals surface area contributed by atoms with Crippen LogP contribution in [-0.4, -0.2) is 24.1 Å². The average Bonchev–Trinajstić information content (AvgIpc) is 2.31. The van der Waals surface area contributed by atoms with Gasteiger partial charge in [-0.15, -0.1) is 0 Å². The molecule has 0 bridgehead atoms. The van der Waals surface area contributed by atoms with E-state index >= 15 is 0 Å². The Bertz CT molecular complexity index is 240. The maximum Gasteiger partial charge on any atom is 0.327 e. The third kappa shape index (κ3) is 0.948. The van der Waals surface area contributed by atoms with Gasteiger partial charge in [-0.1, -0.05) is 0 Å². The molecule has 0 aromatic rings. The maximum absolute atomic E-state index is 11.1. The fraction of sp³-hybridized carbons (Fsp3) is 0.625. The van der Waals surface area contributed by atoms with Crippen LogP contribution < -0.4 is 0 Å². The van der Waals surface area contributed by atoms with Gasteiger partial charge in [0.2, 0.25) is 0 Å². The van der Waals surface area contributed by atoms with Gasteiger partial charge in [0.25, 0.3) is 0 Å². The number of cyclic esters (lactones) is 1. The number of hydrogen-bond donors (Lipinski definition) is 0. The lowest BCUT2D eigenvalue weighted by atomic mass is 9.79. The van der Waals surface area contributed by atoms with Gasteiger partial charge in [-0.3, -0.25) is 14.4 Å². The van der Waals surface area contributed by atoms with Gasteiger partial charge < -0.3 is 4.74 Å². The van der Waals surface area contributed by atoms with Gasteiger partial charge in [-0.25, -0.2) is 0 Å². The minimum absolute atomic E-state index is 0.165. The molecule has 1 heterocycles. The van der Waals surface area contributed by atoms with Crippen LogP contribution in [0.4, 0.5) is 0 Å². The third-order valence-corrected chi connectivity index (χ3v) is 2.26. The minimum Gasteiger partial charge on any atom is -0.465 e. The predicted molar refractivity (Wildman–Crippen MR) is 39.4 cm³/mol. The maximum atomic E-state index is 11.1. The minimum atomic E-state index is -1.49. The second-order valence-corrected chi connectivity index (χ2v) is 2.90. The van der Waals surface area contributed by atoms with E-state index in [-0.39, 0.29) is 13.0 Å². The van der Waals surface area contributed by atoms with E-state index in [1.54, 1.807) is 0 Å². The van der Waals surface area contributed by atoms with E-state index in [0.717, 1.165) is 0 Å². The van der Waals surface area contributed by atoms with Crippen LogP contribution in [0.15, 0.2) is 0 Å². The first-order valence-electron chi connectivity index (χ1n) is 3.71. The molecule has 0 unspecified atom stereocenters. The molecule has 4 nitrogen and oxygen atoms in total. The van der Waals surface area contributed by atoms with Crippen molar-refractivity contribution in [3.8, 4) is 0 Å². The lowest BCUT2D eigenvalue weighted by Crippen LogP contribution is -2.40. The van der Waals surface area contributed by atoms with E-state index in [4.69, 9.17) is 0 Å². The molecule has 1 fully saturated rings. The van der Waals surface area contributed by atoms with E-state index < -0.39 is 23.0 Å². The number of ketones is 2. The Balaban J connectivity index is 3.10. The van der Waals surface area contributed by atoms with Crippen LogP contribution in [0.1, 0.15) is 20.3 Å². The summed E-state index contributed by atoms with van der Waals surface area (Å²) in [5.74, 6) is -1.53. The Hall–Kier alpha value is -1.19. The zero-order valence-electron chi connectivity index (χ0n) is 7.05. The number of rotatable bonds is 2. The number of carbonyl (C=O) groups excluding carboxylic acids is 3. The van der Waals surface area contributed by atoms with E-state index in [1.807, 2.05) is 0 Å². The Labute approximate surface area is 69.9 Å². The normalized spacial score (nSPS) is 20.3. The summed E-state index contributed by atoms with van der Waals surface area (Å²) >= 11 is 0. The van der Waals surface area contributed by atoms with Crippen LogP contribution >= 0.6 is 0 Å². The summed E-state index contributed by atoms with van der Waals surface area (Å²) in [4.78, 5) is 33.3. The molecule has 4 heteroatoms. The monoisotopic (exact) mass is 170 g/mol. The number of hydrogen-bond acceptors (Lipinski definition) is 4. The second kappa shape index (κ2) is 2.69. The predicted octanol–water partition coefficient (Wildman–Crippen LogP) is 0.0977. The van der Waals surface area contributed by atoms with Gasteiger partial charge in [0.15, 0.2) is 17.0 Å². The summed E-state index contributed by atoms with van der Waals surface area (Å²) in [5, 5.41) is 0. The Morgan fingerprint density at radius 2 is 1.83 bits per heavy atom. The fourth-order valence-electron chi connectivity index (χ4n) is 1.41. The first-order valence-corrected chi connectivity index (χ1v) is 3.71. The van der Waals surface area contributed by atoms with Crippen LogP contribution in [0.2, 0.25) is 0 Å². The lowest BCUT2D eigenvalue weighted by molar-refractivity contribution is -0.154. The van der Waals surface area contributed by atoms with Crippen molar-refractivity contribution >= 4 is 17.5 Å². The van der Waals surface area contributed by atoms with Gasteiger partial charge in [-0.05, 0) is 13.8 Å². The van der Waals surface area contributed by atoms with Crippen molar-refractivity contribution in [3.05, 3.63) is 0 Å². The van der Waals surface area contributed by atoms with Gasteiger partial charge in [0, 0.05) is 6.42 Å². The molecule has 12 heavy (non-hydrogen) atoms. The SMILES string of the molecule is CC(=O)C1(C(C)=O)CCOC1=O. The number of ether oxygens (including phenoxy) is 1. The first kappa shape index (κ1) is 8.90. The molecule has 0 radical (unpaired) electrons. The highest BCUT2D eigenvalue weighted by Crippen LogP contribution is 2.31. The molecule has 0 spiro atoms. The highest BCUT2D eigenvalue weighted by atomic mass is 16.5. The summed E-state index contributed by atoms with van der Waals surface area (Å²) in [6, 6.07) is 0. The third-order valence-electron chi connectivity index (χ3n) is 2.26. The molecule has 66 valence electrons. The van der Waals surface area contributed by atoms with Crippen LogP contribution in [0, 0.1) is 5.41 Å². The first-order chi connectivity index (χ1) is 5.51. The van der Waals surface area contributed by atoms with Gasteiger partial charge in [0.1, 0.15) is 0 Å². The van der Waals surface area contributed by atoms with Crippen molar-refractivity contribution in [2.24, 2.45) is 5.41 Å². The van der Waals surface area contributed by atoms with Gasteiger partial charge in [0.05, 0.1) is 6.61 Å². The van der Waals surface area contributed by atoms with E-state index in [2.05, 4.69) is 4.74 Å². The fourth-order valence-corrected chi connectivity index (χ4v) is 1.41. The second-order valence-electron chi connectivity index (χ2n) is 2.90. The Kier molecular flexibility index (Phi) is 2.00. The van der Waals surface area contributed by atoms with Crippen LogP contribution in [0.3, 0.4) is 0 Å². The van der Waals surface area contributed by atoms with Crippen molar-refractivity contribution in [2.45, 2.75) is 20.3 Å². The van der Waals surface area contributed by atoms with Crippen LogP contribution in [0.25, 0.3) is 0 Å². The van der Waals surface area contributed by atoms with E-state index in [0.29, 0.717) is 0 Å². The topological polar surface area (TPSA) is 60.4 Å². The largest absolute Gasteiger partial charge is 0.465 e. The molecule has 1 rings (SSSR count). The molecule has 0 atom stereocenters. The van der Waals surface area contributed by atoms with E-state index in [9.17, 15) is 14.4 Å². The molecular formula is C8H10O4. The molecule has 1 aliphatic rings. The highest BCUT2D eigenvalue weighted by Gasteiger charge is 2.52. The summed E-state index contributed by atoms with van der Waals surface area (Å²) < 4.78 is 4.61. The lowest BCUT2D eigenvalue weighted by Gasteiger charge is -2.16. The summed E-state index contributed by atoms with van der Waals surface area (Å²) in [6.45, 7) is 2.65. The van der Waals surface area contributed by atoms with E-state index in [1.165, 1.54) is 13.8 Å². The average molecular weight is 170 g/mol. The van der Waals surface area contributed by atoms with Crippen molar-refractivity contribution in [1.29, 1.82) is 0 Å². The molecule has 1 aliphatic heterocycles. The molecule has 0 aromatic carbocycles. The molecule has 0 aliphatic carbocycles. The summed E-state index contributed by atoms with van der Waals surface area (Å²) in [7, 11) is 0. The summed E-state index contributed by atoms with van der Waals surface area (Å²) in [5.41, 5.74) is -1.49. The molecule has 0 N–H and O–H groups in total. The standard InChI is InChI=1S/C8H10O4/c1-5(9)8(6(2)10)3-4-12-7(8)11/h3-4H2,1-2H3. The number of carbonyl (C=O) groups is 3. The molecular weight excluding hydrogens is 160 g/mol. The quantitative estimate of drug-likeness (QED) is 0.435. The van der Waals surface area contributed by atoms with Crippen molar-refractivity contribution in [3.63, 3.8) is 0 Å². The van der Waals surface area contributed by atoms with Gasteiger partial charge in [-0.2, -0.15) is 0 Å². The number of Topliss-reactive ketones (excluding diaryl/α,β-unsaturated/α-hetero) is 2. The Morgan fingerprint density at radius 1 is 1.33 bits per heavy atom. The Morgan fingerprint density at radius 3 is 2.00 bits per heavy atom. The zero-order valence-corrected chi connectivity index (χ0v) is 7.05.